The Kier molecular flexibility index (Phi) is 6.39. The molecule has 0 saturated carbocycles. The first-order valence-electron chi connectivity index (χ1n) is 9.09. The molecule has 2 aromatic rings. The van der Waals surface area contributed by atoms with Crippen molar-refractivity contribution in [3.63, 3.8) is 0 Å². The Bertz CT molecular complexity index is 788. The summed E-state index contributed by atoms with van der Waals surface area (Å²) in [7, 11) is 0. The van der Waals surface area contributed by atoms with Gasteiger partial charge < -0.3 is 5.32 Å². The molecule has 2 amide bonds. The zero-order chi connectivity index (χ0) is 20.2. The first-order chi connectivity index (χ1) is 12.6. The third-order valence-corrected chi connectivity index (χ3v) is 4.60. The molecular weight excluding hydrogens is 340 g/mol. The summed E-state index contributed by atoms with van der Waals surface area (Å²) in [4.78, 5) is 24.2. The van der Waals surface area contributed by atoms with E-state index in [-0.39, 0.29) is 23.3 Å². The van der Waals surface area contributed by atoms with Crippen LogP contribution >= 0.6 is 0 Å². The van der Waals surface area contributed by atoms with E-state index in [1.165, 1.54) is 5.56 Å². The van der Waals surface area contributed by atoms with Gasteiger partial charge >= 0.3 is 0 Å². The number of nitrogens with one attached hydrogen (secondary N) is 2. The molecule has 27 heavy (non-hydrogen) atoms. The highest BCUT2D eigenvalue weighted by Crippen LogP contribution is 2.24. The Labute approximate surface area is 160 Å². The van der Waals surface area contributed by atoms with Gasteiger partial charge in [0.05, 0.1) is 6.04 Å². The van der Waals surface area contributed by atoms with Gasteiger partial charge in [0, 0.05) is 11.1 Å². The largest absolute Gasteiger partial charge is 0.345 e. The highest BCUT2D eigenvalue weighted by Gasteiger charge is 2.20. The average molecular weight is 368 g/mol. The number of amides is 2. The van der Waals surface area contributed by atoms with Gasteiger partial charge in [-0.2, -0.15) is 0 Å². The van der Waals surface area contributed by atoms with Crippen LogP contribution in [-0.2, 0) is 5.41 Å². The van der Waals surface area contributed by atoms with Crippen molar-refractivity contribution in [2.75, 3.05) is 0 Å². The molecule has 2 rings (SSSR count). The second-order valence-electron chi connectivity index (χ2n) is 8.09. The molecule has 0 saturated heterocycles. The van der Waals surface area contributed by atoms with Crippen LogP contribution < -0.4 is 10.8 Å². The third kappa shape index (κ3) is 5.17. The predicted molar refractivity (Wildman–Crippen MR) is 106 cm³/mol. The zero-order valence-corrected chi connectivity index (χ0v) is 16.5. The second kappa shape index (κ2) is 8.35. The van der Waals surface area contributed by atoms with E-state index in [4.69, 9.17) is 5.21 Å². The van der Waals surface area contributed by atoms with Crippen LogP contribution in [0.4, 0.5) is 0 Å². The van der Waals surface area contributed by atoms with Crippen LogP contribution in [0.25, 0.3) is 0 Å². The Morgan fingerprint density at radius 3 is 1.78 bits per heavy atom. The fourth-order valence-electron chi connectivity index (χ4n) is 2.89. The Morgan fingerprint density at radius 1 is 0.852 bits per heavy atom. The lowest BCUT2D eigenvalue weighted by Crippen LogP contribution is -2.32. The summed E-state index contributed by atoms with van der Waals surface area (Å²) in [6.07, 6.45) is 0. The van der Waals surface area contributed by atoms with Crippen molar-refractivity contribution in [2.24, 2.45) is 5.92 Å². The summed E-state index contributed by atoms with van der Waals surface area (Å²) in [6, 6.07) is 14.3. The van der Waals surface area contributed by atoms with E-state index in [0.29, 0.717) is 11.1 Å². The first-order valence-corrected chi connectivity index (χ1v) is 9.09. The van der Waals surface area contributed by atoms with Gasteiger partial charge in [0.15, 0.2) is 0 Å². The molecule has 1 atom stereocenters. The fourth-order valence-corrected chi connectivity index (χ4v) is 2.89. The summed E-state index contributed by atoms with van der Waals surface area (Å²) in [5.74, 6) is -0.530. The highest BCUT2D eigenvalue weighted by molar-refractivity contribution is 5.95. The van der Waals surface area contributed by atoms with Crippen LogP contribution in [0.3, 0.4) is 0 Å². The number of hydrogen-bond donors (Lipinski definition) is 3. The molecule has 0 spiro atoms. The SMILES string of the molecule is CC(C)C(NC(=O)c1ccc(C(C)(C)C)cc1)c1ccc(C(=O)NO)cc1. The maximum Gasteiger partial charge on any atom is 0.274 e. The van der Waals surface area contributed by atoms with Gasteiger partial charge in [0.1, 0.15) is 0 Å². The average Bonchev–Trinajstić information content (AvgIpc) is 2.64. The topological polar surface area (TPSA) is 78.4 Å². The molecule has 0 aliphatic heterocycles. The molecule has 0 aromatic heterocycles. The molecule has 3 N–H and O–H groups in total. The molecule has 144 valence electrons. The summed E-state index contributed by atoms with van der Waals surface area (Å²) in [5, 5.41) is 11.8. The van der Waals surface area contributed by atoms with Crippen LogP contribution in [0.5, 0.6) is 0 Å². The summed E-state index contributed by atoms with van der Waals surface area (Å²) < 4.78 is 0. The molecule has 1 unspecified atom stereocenters. The predicted octanol–water partition coefficient (Wildman–Crippen LogP) is 4.23. The van der Waals surface area contributed by atoms with Crippen molar-refractivity contribution in [1.82, 2.24) is 10.8 Å². The molecule has 0 aliphatic rings. The molecule has 0 aliphatic carbocycles. The van der Waals surface area contributed by atoms with Crippen molar-refractivity contribution in [2.45, 2.75) is 46.1 Å². The molecule has 5 heteroatoms. The third-order valence-electron chi connectivity index (χ3n) is 4.60. The van der Waals surface area contributed by atoms with E-state index < -0.39 is 5.91 Å². The van der Waals surface area contributed by atoms with Crippen LogP contribution in [0.1, 0.15) is 72.5 Å². The monoisotopic (exact) mass is 368 g/mol. The molecule has 0 heterocycles. The van der Waals surface area contributed by atoms with Crippen molar-refractivity contribution in [3.8, 4) is 0 Å². The maximum atomic E-state index is 12.7. The van der Waals surface area contributed by atoms with E-state index in [9.17, 15) is 9.59 Å². The number of hydrogen-bond acceptors (Lipinski definition) is 3. The number of carbonyl (C=O) groups is 2. The van der Waals surface area contributed by atoms with Crippen molar-refractivity contribution < 1.29 is 14.8 Å². The maximum absolute atomic E-state index is 12.7. The van der Waals surface area contributed by atoms with E-state index >= 15 is 0 Å². The second-order valence-corrected chi connectivity index (χ2v) is 8.09. The van der Waals surface area contributed by atoms with Gasteiger partial charge in [-0.25, -0.2) is 5.48 Å². The standard InChI is InChI=1S/C22H28N2O3/c1-14(2)19(15-6-8-17(9-7-15)21(26)24-27)23-20(25)16-10-12-18(13-11-16)22(3,4)5/h6-14,19,27H,1-5H3,(H,23,25)(H,24,26). The van der Waals surface area contributed by atoms with Gasteiger partial charge in [0.2, 0.25) is 0 Å². The van der Waals surface area contributed by atoms with Gasteiger partial charge in [-0.15, -0.1) is 0 Å². The van der Waals surface area contributed by atoms with Crippen LogP contribution in [0, 0.1) is 5.92 Å². The van der Waals surface area contributed by atoms with Gasteiger partial charge in [-0.3, -0.25) is 14.8 Å². The van der Waals surface area contributed by atoms with E-state index in [1.807, 2.05) is 38.1 Å². The van der Waals surface area contributed by atoms with E-state index in [2.05, 4.69) is 26.1 Å². The van der Waals surface area contributed by atoms with Crippen molar-refractivity contribution in [3.05, 3.63) is 70.8 Å². The van der Waals surface area contributed by atoms with Gasteiger partial charge in [-0.05, 0) is 46.7 Å². The highest BCUT2D eigenvalue weighted by atomic mass is 16.5. The fraction of sp³-hybridized carbons (Fsp3) is 0.364. The van der Waals surface area contributed by atoms with Gasteiger partial charge in [-0.1, -0.05) is 58.9 Å². The Balaban J connectivity index is 2.18. The molecular formula is C22H28N2O3. The quantitative estimate of drug-likeness (QED) is 0.546. The summed E-state index contributed by atoms with van der Waals surface area (Å²) in [5.41, 5.74) is 4.70. The lowest BCUT2D eigenvalue weighted by atomic mass is 9.86. The first kappa shape index (κ1) is 20.6. The number of benzene rings is 2. The van der Waals surface area contributed by atoms with Crippen LogP contribution in [-0.4, -0.2) is 17.0 Å². The van der Waals surface area contributed by atoms with Crippen molar-refractivity contribution in [1.29, 1.82) is 0 Å². The molecule has 0 fully saturated rings. The van der Waals surface area contributed by atoms with Crippen molar-refractivity contribution >= 4 is 11.8 Å². The molecule has 0 radical (unpaired) electrons. The number of carbonyl (C=O) groups excluding carboxylic acids is 2. The Morgan fingerprint density at radius 2 is 1.33 bits per heavy atom. The Hall–Kier alpha value is -2.66. The molecule has 5 nitrogen and oxygen atoms in total. The van der Waals surface area contributed by atoms with Crippen LogP contribution in [0.2, 0.25) is 0 Å². The zero-order valence-electron chi connectivity index (χ0n) is 16.5. The van der Waals surface area contributed by atoms with E-state index in [0.717, 1.165) is 5.56 Å². The number of rotatable bonds is 5. The lowest BCUT2D eigenvalue weighted by Gasteiger charge is -2.24. The molecule has 0 bridgehead atoms. The summed E-state index contributed by atoms with van der Waals surface area (Å²) in [6.45, 7) is 10.5. The van der Waals surface area contributed by atoms with Crippen LogP contribution in [0.15, 0.2) is 48.5 Å². The minimum atomic E-state index is -0.564. The minimum absolute atomic E-state index is 0.0398. The smallest absolute Gasteiger partial charge is 0.274 e. The summed E-state index contributed by atoms with van der Waals surface area (Å²) >= 11 is 0. The molecule has 2 aromatic carbocycles. The normalized spacial score (nSPS) is 12.6. The van der Waals surface area contributed by atoms with E-state index in [1.54, 1.807) is 29.7 Å². The number of hydroxylamine groups is 1. The lowest BCUT2D eigenvalue weighted by molar-refractivity contribution is 0.0706. The minimum Gasteiger partial charge on any atom is -0.345 e. The van der Waals surface area contributed by atoms with Gasteiger partial charge in [0.25, 0.3) is 11.8 Å².